The molecule has 0 bridgehead atoms. The standard InChI is InChI=1S/C29H59NO/c1-5-7-9-11-13-15-17-19-21-23-25-30(29(31)27-28(3)4)26-24-22-20-18-16-14-12-10-8-6-2/h28H,5-27H2,1-4H3. The summed E-state index contributed by atoms with van der Waals surface area (Å²) in [5.74, 6) is 0.859. The third-order valence-electron chi connectivity index (χ3n) is 6.50. The molecule has 0 spiro atoms. The van der Waals surface area contributed by atoms with E-state index in [9.17, 15) is 4.79 Å². The molecule has 0 radical (unpaired) electrons. The van der Waals surface area contributed by atoms with Crippen molar-refractivity contribution in [3.8, 4) is 0 Å². The molecule has 2 nitrogen and oxygen atoms in total. The summed E-state index contributed by atoms with van der Waals surface area (Å²) in [5, 5.41) is 0. The highest BCUT2D eigenvalue weighted by Crippen LogP contribution is 2.14. The van der Waals surface area contributed by atoms with Gasteiger partial charge < -0.3 is 4.90 Å². The van der Waals surface area contributed by atoms with Crippen molar-refractivity contribution in [1.29, 1.82) is 0 Å². The number of hydrogen-bond donors (Lipinski definition) is 0. The Morgan fingerprint density at radius 1 is 0.516 bits per heavy atom. The van der Waals surface area contributed by atoms with Crippen LogP contribution in [0.15, 0.2) is 0 Å². The minimum atomic E-state index is 0.391. The van der Waals surface area contributed by atoms with Crippen LogP contribution >= 0.6 is 0 Å². The normalized spacial score (nSPS) is 11.4. The fourth-order valence-corrected chi connectivity index (χ4v) is 4.42. The second-order valence-electron chi connectivity index (χ2n) is 10.3. The Labute approximate surface area is 197 Å². The Morgan fingerprint density at radius 3 is 1.10 bits per heavy atom. The molecule has 2 heteroatoms. The lowest BCUT2D eigenvalue weighted by Gasteiger charge is -2.24. The first kappa shape index (κ1) is 30.5. The van der Waals surface area contributed by atoms with Crippen LogP contribution in [0.2, 0.25) is 0 Å². The maximum Gasteiger partial charge on any atom is 0.222 e. The minimum absolute atomic E-state index is 0.391. The molecule has 0 aromatic carbocycles. The van der Waals surface area contributed by atoms with E-state index in [1.807, 2.05) is 0 Å². The third-order valence-corrected chi connectivity index (χ3v) is 6.50. The second-order valence-corrected chi connectivity index (χ2v) is 10.3. The van der Waals surface area contributed by atoms with Crippen LogP contribution in [0.4, 0.5) is 0 Å². The summed E-state index contributed by atoms with van der Waals surface area (Å²) in [6, 6.07) is 0. The minimum Gasteiger partial charge on any atom is -0.343 e. The number of carbonyl (C=O) groups is 1. The molecule has 186 valence electrons. The highest BCUT2D eigenvalue weighted by molar-refractivity contribution is 5.76. The van der Waals surface area contributed by atoms with Crippen molar-refractivity contribution in [2.24, 2.45) is 5.92 Å². The summed E-state index contributed by atoms with van der Waals surface area (Å²) in [7, 11) is 0. The van der Waals surface area contributed by atoms with E-state index in [4.69, 9.17) is 0 Å². The van der Waals surface area contributed by atoms with Crippen molar-refractivity contribution < 1.29 is 4.79 Å². The van der Waals surface area contributed by atoms with Gasteiger partial charge in [-0.15, -0.1) is 0 Å². The molecule has 0 aliphatic rings. The van der Waals surface area contributed by atoms with Gasteiger partial charge in [-0.3, -0.25) is 4.79 Å². The van der Waals surface area contributed by atoms with E-state index in [-0.39, 0.29) is 0 Å². The summed E-state index contributed by atoms with van der Waals surface area (Å²) in [5.41, 5.74) is 0. The quantitative estimate of drug-likeness (QED) is 0.138. The molecule has 0 heterocycles. The lowest BCUT2D eigenvalue weighted by atomic mass is 10.1. The topological polar surface area (TPSA) is 20.3 Å². The number of nitrogens with zero attached hydrogens (tertiary/aromatic N) is 1. The second kappa shape index (κ2) is 24.1. The zero-order chi connectivity index (χ0) is 23.0. The third kappa shape index (κ3) is 22.5. The van der Waals surface area contributed by atoms with Crippen LogP contribution in [0.25, 0.3) is 0 Å². The Hall–Kier alpha value is -0.530. The van der Waals surface area contributed by atoms with Gasteiger partial charge in [0.05, 0.1) is 0 Å². The molecule has 1 amide bonds. The zero-order valence-corrected chi connectivity index (χ0v) is 22.2. The van der Waals surface area contributed by atoms with Crippen molar-refractivity contribution in [3.63, 3.8) is 0 Å². The van der Waals surface area contributed by atoms with Gasteiger partial charge in [-0.2, -0.15) is 0 Å². The molecule has 0 rings (SSSR count). The molecular formula is C29H59NO. The molecule has 0 aliphatic heterocycles. The van der Waals surface area contributed by atoms with Crippen molar-refractivity contribution in [1.82, 2.24) is 4.90 Å². The van der Waals surface area contributed by atoms with Crippen LogP contribution in [-0.4, -0.2) is 23.9 Å². The van der Waals surface area contributed by atoms with Crippen molar-refractivity contribution >= 4 is 5.91 Å². The Kier molecular flexibility index (Phi) is 23.7. The molecule has 0 aromatic heterocycles. The monoisotopic (exact) mass is 437 g/mol. The van der Waals surface area contributed by atoms with Gasteiger partial charge in [0, 0.05) is 19.5 Å². The number of unbranched alkanes of at least 4 members (excludes halogenated alkanes) is 18. The van der Waals surface area contributed by atoms with Gasteiger partial charge in [-0.05, 0) is 18.8 Å². The summed E-state index contributed by atoms with van der Waals surface area (Å²) in [6.45, 7) is 10.9. The van der Waals surface area contributed by atoms with Crippen LogP contribution in [0.1, 0.15) is 163 Å². The van der Waals surface area contributed by atoms with E-state index in [1.54, 1.807) is 0 Å². The Balaban J connectivity index is 3.83. The molecular weight excluding hydrogens is 378 g/mol. The molecule has 0 atom stereocenters. The van der Waals surface area contributed by atoms with E-state index < -0.39 is 0 Å². The van der Waals surface area contributed by atoms with Gasteiger partial charge >= 0.3 is 0 Å². The van der Waals surface area contributed by atoms with E-state index >= 15 is 0 Å². The SMILES string of the molecule is CCCCCCCCCCCCN(CCCCCCCCCCCC)C(=O)CC(C)C. The van der Waals surface area contributed by atoms with E-state index in [1.165, 1.54) is 128 Å². The fourth-order valence-electron chi connectivity index (χ4n) is 4.42. The van der Waals surface area contributed by atoms with Gasteiger partial charge in [0.25, 0.3) is 0 Å². The fraction of sp³-hybridized carbons (Fsp3) is 0.966. The average molecular weight is 438 g/mol. The number of hydrogen-bond acceptors (Lipinski definition) is 1. The van der Waals surface area contributed by atoms with Gasteiger partial charge in [-0.25, -0.2) is 0 Å². The van der Waals surface area contributed by atoms with Crippen LogP contribution in [0.3, 0.4) is 0 Å². The number of carbonyl (C=O) groups excluding carboxylic acids is 1. The van der Waals surface area contributed by atoms with E-state index in [0.29, 0.717) is 11.8 Å². The van der Waals surface area contributed by atoms with Crippen LogP contribution in [0.5, 0.6) is 0 Å². The highest BCUT2D eigenvalue weighted by atomic mass is 16.2. The summed E-state index contributed by atoms with van der Waals surface area (Å²) in [6.07, 6.45) is 27.9. The summed E-state index contributed by atoms with van der Waals surface area (Å²) < 4.78 is 0. The van der Waals surface area contributed by atoms with Crippen LogP contribution in [0, 0.1) is 5.92 Å². The largest absolute Gasteiger partial charge is 0.343 e. The van der Waals surface area contributed by atoms with Crippen molar-refractivity contribution in [3.05, 3.63) is 0 Å². The molecule has 0 unspecified atom stereocenters. The van der Waals surface area contributed by atoms with Crippen LogP contribution in [-0.2, 0) is 4.79 Å². The predicted octanol–water partition coefficient (Wildman–Crippen LogP) is 9.70. The maximum absolute atomic E-state index is 12.7. The molecule has 31 heavy (non-hydrogen) atoms. The zero-order valence-electron chi connectivity index (χ0n) is 22.2. The van der Waals surface area contributed by atoms with Gasteiger partial charge in [0.15, 0.2) is 0 Å². The Bertz CT molecular complexity index is 342. The predicted molar refractivity (Wildman–Crippen MR) is 140 cm³/mol. The molecule has 0 aliphatic carbocycles. The van der Waals surface area contributed by atoms with Gasteiger partial charge in [-0.1, -0.05) is 143 Å². The first-order valence-electron chi connectivity index (χ1n) is 14.4. The molecule has 0 fully saturated rings. The first-order chi connectivity index (χ1) is 15.1. The molecule has 0 N–H and O–H groups in total. The number of rotatable bonds is 24. The van der Waals surface area contributed by atoms with Crippen molar-refractivity contribution in [2.75, 3.05) is 13.1 Å². The molecule has 0 saturated heterocycles. The first-order valence-corrected chi connectivity index (χ1v) is 14.4. The van der Waals surface area contributed by atoms with Crippen molar-refractivity contribution in [2.45, 2.75) is 163 Å². The van der Waals surface area contributed by atoms with Gasteiger partial charge in [0.2, 0.25) is 5.91 Å². The molecule has 0 aromatic rings. The summed E-state index contributed by atoms with van der Waals surface area (Å²) >= 11 is 0. The number of amides is 1. The highest BCUT2D eigenvalue weighted by Gasteiger charge is 2.14. The maximum atomic E-state index is 12.7. The van der Waals surface area contributed by atoms with E-state index in [2.05, 4.69) is 32.6 Å². The van der Waals surface area contributed by atoms with E-state index in [0.717, 1.165) is 19.5 Å². The smallest absolute Gasteiger partial charge is 0.222 e. The Morgan fingerprint density at radius 2 is 0.806 bits per heavy atom. The molecule has 0 saturated carbocycles. The van der Waals surface area contributed by atoms with Crippen LogP contribution < -0.4 is 0 Å². The lowest BCUT2D eigenvalue weighted by Crippen LogP contribution is -2.33. The van der Waals surface area contributed by atoms with Gasteiger partial charge in [0.1, 0.15) is 0 Å². The lowest BCUT2D eigenvalue weighted by molar-refractivity contribution is -0.132. The summed E-state index contributed by atoms with van der Waals surface area (Å²) in [4.78, 5) is 14.9. The average Bonchev–Trinajstić information content (AvgIpc) is 2.74.